The van der Waals surface area contributed by atoms with Gasteiger partial charge in [0, 0.05) is 11.4 Å². The summed E-state index contributed by atoms with van der Waals surface area (Å²) in [5.41, 5.74) is 7.66. The van der Waals surface area contributed by atoms with Crippen molar-refractivity contribution in [2.24, 2.45) is 0 Å². The molecule has 6 heteroatoms. The first-order valence-electron chi connectivity index (χ1n) is 10.5. The van der Waals surface area contributed by atoms with Gasteiger partial charge in [0.15, 0.2) is 0 Å². The highest BCUT2D eigenvalue weighted by Gasteiger charge is 2.19. The van der Waals surface area contributed by atoms with Gasteiger partial charge in [0.1, 0.15) is 22.2 Å². The van der Waals surface area contributed by atoms with E-state index in [2.05, 4.69) is 26.0 Å². The van der Waals surface area contributed by atoms with Gasteiger partial charge >= 0.3 is 0 Å². The van der Waals surface area contributed by atoms with Crippen LogP contribution in [0, 0.1) is 50.4 Å². The smallest absolute Gasteiger partial charge is 0.125 e. The fraction of sp³-hybridized carbons (Fsp3) is 0.500. The first-order chi connectivity index (χ1) is 14.4. The molecule has 2 aromatic rings. The summed E-state index contributed by atoms with van der Waals surface area (Å²) in [7, 11) is 2.85. The summed E-state index contributed by atoms with van der Waals surface area (Å²) in [5, 5.41) is 20.9. The number of hydrogen-bond donors (Lipinski definition) is 0. The van der Waals surface area contributed by atoms with Crippen LogP contribution in [0.3, 0.4) is 0 Å². The molecule has 0 saturated carbocycles. The molecule has 0 aliphatic rings. The van der Waals surface area contributed by atoms with E-state index in [1.54, 1.807) is 0 Å². The summed E-state index contributed by atoms with van der Waals surface area (Å²) < 4.78 is 0. The summed E-state index contributed by atoms with van der Waals surface area (Å²) in [4.78, 5) is 9.48. The van der Waals surface area contributed by atoms with Gasteiger partial charge < -0.3 is 0 Å². The van der Waals surface area contributed by atoms with Crippen molar-refractivity contribution < 1.29 is 0 Å². The third kappa shape index (κ3) is 5.36. The maximum absolute atomic E-state index is 9.76. The SMILES string of the molecule is CCCCc1c(C)nc(SSc2nc(C)c(CCCC)c(C)c2C#N)c(C#N)c1C. The molecule has 0 aliphatic heterocycles. The molecule has 0 amide bonds. The second-order valence-electron chi connectivity index (χ2n) is 7.56. The van der Waals surface area contributed by atoms with Gasteiger partial charge in [-0.05, 0) is 97.2 Å². The Hall–Kier alpha value is -2.02. The maximum atomic E-state index is 9.76. The molecular formula is C24H30N4S2. The minimum atomic E-state index is 0.635. The average molecular weight is 439 g/mol. The zero-order chi connectivity index (χ0) is 22.3. The molecule has 0 N–H and O–H groups in total. The van der Waals surface area contributed by atoms with E-state index in [0.717, 1.165) is 61.0 Å². The van der Waals surface area contributed by atoms with Crippen LogP contribution in [0.25, 0.3) is 0 Å². The lowest BCUT2D eigenvalue weighted by Crippen LogP contribution is -2.04. The monoisotopic (exact) mass is 438 g/mol. The molecule has 0 aromatic carbocycles. The maximum Gasteiger partial charge on any atom is 0.125 e. The summed E-state index contributed by atoms with van der Waals surface area (Å²) in [6.07, 6.45) is 6.31. The van der Waals surface area contributed by atoms with E-state index < -0.39 is 0 Å². The van der Waals surface area contributed by atoms with Crippen LogP contribution in [0.5, 0.6) is 0 Å². The topological polar surface area (TPSA) is 73.4 Å². The van der Waals surface area contributed by atoms with Crippen LogP contribution < -0.4 is 0 Å². The van der Waals surface area contributed by atoms with E-state index in [-0.39, 0.29) is 0 Å². The molecule has 0 bridgehead atoms. The van der Waals surface area contributed by atoms with E-state index in [9.17, 15) is 10.5 Å². The van der Waals surface area contributed by atoms with Crippen molar-refractivity contribution in [1.82, 2.24) is 9.97 Å². The minimum Gasteiger partial charge on any atom is -0.244 e. The highest BCUT2D eigenvalue weighted by atomic mass is 33.1. The van der Waals surface area contributed by atoms with Gasteiger partial charge in [0.05, 0.1) is 11.1 Å². The Morgan fingerprint density at radius 2 is 1.07 bits per heavy atom. The van der Waals surface area contributed by atoms with Crippen molar-refractivity contribution in [2.45, 2.75) is 90.1 Å². The normalized spacial score (nSPS) is 10.7. The quantitative estimate of drug-likeness (QED) is 0.395. The Morgan fingerprint density at radius 1 is 0.700 bits per heavy atom. The van der Waals surface area contributed by atoms with Crippen molar-refractivity contribution in [1.29, 1.82) is 10.5 Å². The lowest BCUT2D eigenvalue weighted by Gasteiger charge is -2.15. The lowest BCUT2D eigenvalue weighted by molar-refractivity contribution is 0.776. The number of nitrogens with zero attached hydrogens (tertiary/aromatic N) is 4. The van der Waals surface area contributed by atoms with Gasteiger partial charge in [-0.1, -0.05) is 26.7 Å². The highest BCUT2D eigenvalue weighted by molar-refractivity contribution is 8.76. The Kier molecular flexibility index (Phi) is 9.21. The van der Waals surface area contributed by atoms with Crippen LogP contribution in [-0.4, -0.2) is 9.97 Å². The molecule has 0 unspecified atom stereocenters. The first-order valence-corrected chi connectivity index (χ1v) is 12.7. The zero-order valence-electron chi connectivity index (χ0n) is 18.8. The Morgan fingerprint density at radius 3 is 1.37 bits per heavy atom. The van der Waals surface area contributed by atoms with Gasteiger partial charge in [0.2, 0.25) is 0 Å². The Labute approximate surface area is 188 Å². The molecule has 2 heterocycles. The average Bonchev–Trinajstić information content (AvgIpc) is 2.71. The number of aryl methyl sites for hydroxylation is 2. The molecule has 2 aromatic heterocycles. The van der Waals surface area contributed by atoms with Crippen LogP contribution in [0.15, 0.2) is 10.1 Å². The van der Waals surface area contributed by atoms with Crippen molar-refractivity contribution >= 4 is 21.6 Å². The van der Waals surface area contributed by atoms with Crippen LogP contribution in [0.1, 0.15) is 84.3 Å². The third-order valence-corrected chi connectivity index (χ3v) is 7.67. The van der Waals surface area contributed by atoms with Crippen molar-refractivity contribution in [3.8, 4) is 12.1 Å². The number of pyridine rings is 2. The third-order valence-electron chi connectivity index (χ3n) is 5.48. The predicted molar refractivity (Wildman–Crippen MR) is 126 cm³/mol. The number of aromatic nitrogens is 2. The number of nitriles is 2. The molecule has 30 heavy (non-hydrogen) atoms. The van der Waals surface area contributed by atoms with Crippen LogP contribution in [0.2, 0.25) is 0 Å². The van der Waals surface area contributed by atoms with Gasteiger partial charge in [-0.15, -0.1) is 0 Å². The van der Waals surface area contributed by atoms with Crippen LogP contribution >= 0.6 is 21.6 Å². The molecular weight excluding hydrogens is 408 g/mol. The van der Waals surface area contributed by atoms with E-state index in [1.807, 2.05) is 27.7 Å². The fourth-order valence-electron chi connectivity index (χ4n) is 3.62. The zero-order valence-corrected chi connectivity index (χ0v) is 20.5. The van der Waals surface area contributed by atoms with Crippen molar-refractivity contribution in [3.63, 3.8) is 0 Å². The molecule has 0 radical (unpaired) electrons. The second-order valence-corrected chi connectivity index (χ2v) is 9.67. The van der Waals surface area contributed by atoms with Crippen molar-refractivity contribution in [2.75, 3.05) is 0 Å². The number of unbranched alkanes of at least 4 members (excludes halogenated alkanes) is 2. The highest BCUT2D eigenvalue weighted by Crippen LogP contribution is 2.41. The summed E-state index contributed by atoms with van der Waals surface area (Å²) in [6, 6.07) is 4.69. The summed E-state index contributed by atoms with van der Waals surface area (Å²) >= 11 is 0. The molecule has 0 saturated heterocycles. The van der Waals surface area contributed by atoms with Gasteiger partial charge in [0.25, 0.3) is 0 Å². The van der Waals surface area contributed by atoms with E-state index >= 15 is 0 Å². The largest absolute Gasteiger partial charge is 0.244 e. The van der Waals surface area contributed by atoms with E-state index in [1.165, 1.54) is 32.7 Å². The van der Waals surface area contributed by atoms with Crippen LogP contribution in [-0.2, 0) is 12.8 Å². The second kappa shape index (κ2) is 11.4. The van der Waals surface area contributed by atoms with Crippen molar-refractivity contribution in [3.05, 3.63) is 44.8 Å². The molecule has 0 atom stereocenters. The lowest BCUT2D eigenvalue weighted by atomic mass is 9.99. The first kappa shape index (κ1) is 24.3. The van der Waals surface area contributed by atoms with Gasteiger partial charge in [-0.2, -0.15) is 10.5 Å². The molecule has 0 aliphatic carbocycles. The van der Waals surface area contributed by atoms with Crippen LogP contribution in [0.4, 0.5) is 0 Å². The molecule has 158 valence electrons. The van der Waals surface area contributed by atoms with Gasteiger partial charge in [-0.3, -0.25) is 0 Å². The fourth-order valence-corrected chi connectivity index (χ4v) is 5.89. The van der Waals surface area contributed by atoms with E-state index in [4.69, 9.17) is 9.97 Å². The number of rotatable bonds is 9. The standard InChI is InChI=1S/C24H30N4S2/c1-7-9-11-19-15(3)21(13-25)23(27-17(19)5)29-30-24-22(14-26)16(4)20(12-10-8-2)18(6)28-24/h7-12H2,1-6H3. The summed E-state index contributed by atoms with van der Waals surface area (Å²) in [6.45, 7) is 12.4. The molecule has 0 spiro atoms. The van der Waals surface area contributed by atoms with Gasteiger partial charge in [-0.25, -0.2) is 9.97 Å². The Balaban J connectivity index is 2.38. The van der Waals surface area contributed by atoms with E-state index in [0.29, 0.717) is 21.2 Å². The summed E-state index contributed by atoms with van der Waals surface area (Å²) in [5.74, 6) is 0. The predicted octanol–water partition coefficient (Wildman–Crippen LogP) is 6.94. The molecule has 2 rings (SSSR count). The Bertz CT molecular complexity index is 919. The molecule has 4 nitrogen and oxygen atoms in total. The number of hydrogen-bond acceptors (Lipinski definition) is 6. The minimum absolute atomic E-state index is 0.635. The molecule has 0 fully saturated rings.